The zero-order valence-corrected chi connectivity index (χ0v) is 15.2. The van der Waals surface area contributed by atoms with Crippen LogP contribution in [-0.4, -0.2) is 31.1 Å². The van der Waals surface area contributed by atoms with Crippen LogP contribution in [0.4, 0.5) is 0 Å². The fourth-order valence-corrected chi connectivity index (χ4v) is 3.62. The second-order valence-corrected chi connectivity index (χ2v) is 7.09. The summed E-state index contributed by atoms with van der Waals surface area (Å²) in [6, 6.07) is 8.55. The molecule has 0 N–H and O–H groups in total. The summed E-state index contributed by atoms with van der Waals surface area (Å²) in [6.45, 7) is 4.27. The fraction of sp³-hybridized carbons (Fsp3) is 0.292. The van der Waals surface area contributed by atoms with Crippen molar-refractivity contribution in [2.75, 3.05) is 26.2 Å². The first kappa shape index (κ1) is 17.1. The van der Waals surface area contributed by atoms with E-state index in [1.165, 1.54) is 48.2 Å². The standard InChI is InChI=1S/C24H26NO/c1-2-6-23-12-8-20(7-11-22(23)5-1)19-21-9-13-24(14-10-21)26-18-17-25-15-3-4-16-25/h1-2,5-14H,3-4,15-19H2. The molecule has 1 radical (unpaired) electrons. The highest BCUT2D eigenvalue weighted by Gasteiger charge is 2.11. The van der Waals surface area contributed by atoms with E-state index in [0.717, 1.165) is 25.3 Å². The summed E-state index contributed by atoms with van der Waals surface area (Å²) in [5.41, 5.74) is 5.19. The lowest BCUT2D eigenvalue weighted by Crippen LogP contribution is -2.25. The Kier molecular flexibility index (Phi) is 5.51. The lowest BCUT2D eigenvalue weighted by molar-refractivity contribution is 0.238. The highest BCUT2D eigenvalue weighted by atomic mass is 16.5. The summed E-state index contributed by atoms with van der Waals surface area (Å²) >= 11 is 0. The summed E-state index contributed by atoms with van der Waals surface area (Å²) in [4.78, 5) is 2.48. The van der Waals surface area contributed by atoms with Gasteiger partial charge < -0.3 is 4.74 Å². The maximum absolute atomic E-state index is 5.90. The van der Waals surface area contributed by atoms with Crippen molar-refractivity contribution in [1.82, 2.24) is 4.90 Å². The topological polar surface area (TPSA) is 12.5 Å². The normalized spacial score (nSPS) is 19.5. The minimum atomic E-state index is 0.778. The zero-order valence-electron chi connectivity index (χ0n) is 15.2. The molecule has 26 heavy (non-hydrogen) atoms. The monoisotopic (exact) mass is 344 g/mol. The Morgan fingerprint density at radius 3 is 2.54 bits per heavy atom. The molecule has 0 saturated carbocycles. The molecule has 0 bridgehead atoms. The molecule has 2 aliphatic carbocycles. The van der Waals surface area contributed by atoms with E-state index in [1.54, 1.807) is 0 Å². The quantitative estimate of drug-likeness (QED) is 0.733. The third-order valence-electron chi connectivity index (χ3n) is 5.16. The molecule has 2 nitrogen and oxygen atoms in total. The Hall–Kier alpha value is -2.32. The van der Waals surface area contributed by atoms with Gasteiger partial charge in [-0.05, 0) is 66.8 Å². The molecule has 1 fully saturated rings. The van der Waals surface area contributed by atoms with Gasteiger partial charge in [0.05, 0.1) is 0 Å². The van der Waals surface area contributed by atoms with Crippen LogP contribution in [0.5, 0.6) is 5.75 Å². The van der Waals surface area contributed by atoms with Gasteiger partial charge in [-0.15, -0.1) is 0 Å². The van der Waals surface area contributed by atoms with Crippen molar-refractivity contribution in [3.05, 3.63) is 95.5 Å². The van der Waals surface area contributed by atoms with Crippen molar-refractivity contribution in [3.63, 3.8) is 0 Å². The van der Waals surface area contributed by atoms with E-state index in [1.807, 2.05) is 0 Å². The molecule has 0 amide bonds. The first-order chi connectivity index (χ1) is 12.9. The molecular weight excluding hydrogens is 318 g/mol. The predicted octanol–water partition coefficient (Wildman–Crippen LogP) is 4.83. The SMILES string of the molecule is [CH]1C=CC=C2C=CC(Cc3ccc(OCCN4CCCC4)cc3)=CC=C12. The van der Waals surface area contributed by atoms with Gasteiger partial charge in [-0.25, -0.2) is 0 Å². The molecule has 1 heterocycles. The van der Waals surface area contributed by atoms with E-state index in [-0.39, 0.29) is 0 Å². The molecule has 2 heteroatoms. The van der Waals surface area contributed by atoms with E-state index in [2.05, 4.69) is 78.1 Å². The number of rotatable bonds is 6. The van der Waals surface area contributed by atoms with Gasteiger partial charge in [-0.3, -0.25) is 4.90 Å². The second kappa shape index (κ2) is 8.37. The number of fused-ring (bicyclic) bond motifs is 1. The molecule has 1 aromatic rings. The number of ether oxygens (including phenoxy) is 1. The summed E-state index contributed by atoms with van der Waals surface area (Å²) < 4.78 is 5.90. The third-order valence-corrected chi connectivity index (χ3v) is 5.16. The van der Waals surface area contributed by atoms with Gasteiger partial charge in [0.25, 0.3) is 0 Å². The fourth-order valence-electron chi connectivity index (χ4n) is 3.62. The van der Waals surface area contributed by atoms with E-state index >= 15 is 0 Å². The first-order valence-electron chi connectivity index (χ1n) is 9.62. The van der Waals surface area contributed by atoms with Crippen LogP contribution in [0, 0.1) is 6.42 Å². The molecule has 133 valence electrons. The largest absolute Gasteiger partial charge is 0.492 e. The minimum absolute atomic E-state index is 0.778. The summed E-state index contributed by atoms with van der Waals surface area (Å²) in [5, 5.41) is 0. The van der Waals surface area contributed by atoms with Crippen molar-refractivity contribution in [1.29, 1.82) is 0 Å². The Morgan fingerprint density at radius 1 is 0.846 bits per heavy atom. The maximum atomic E-state index is 5.90. The maximum Gasteiger partial charge on any atom is 0.119 e. The minimum Gasteiger partial charge on any atom is -0.492 e. The highest BCUT2D eigenvalue weighted by molar-refractivity contribution is 5.56. The Balaban J connectivity index is 1.31. The first-order valence-corrected chi connectivity index (χ1v) is 9.62. The number of hydrogen-bond acceptors (Lipinski definition) is 2. The van der Waals surface area contributed by atoms with E-state index in [9.17, 15) is 0 Å². The number of nitrogens with zero attached hydrogens (tertiary/aromatic N) is 1. The predicted molar refractivity (Wildman–Crippen MR) is 108 cm³/mol. The van der Waals surface area contributed by atoms with Crippen LogP contribution in [0.15, 0.2) is 83.5 Å². The van der Waals surface area contributed by atoms with Crippen LogP contribution >= 0.6 is 0 Å². The number of likely N-dealkylation sites (tertiary alicyclic amines) is 1. The average Bonchev–Trinajstić information content (AvgIpc) is 3.11. The molecule has 1 aromatic carbocycles. The lowest BCUT2D eigenvalue weighted by Gasteiger charge is -2.15. The molecule has 0 atom stereocenters. The van der Waals surface area contributed by atoms with Crippen molar-refractivity contribution in [3.8, 4) is 5.75 Å². The van der Waals surface area contributed by atoms with Crippen LogP contribution in [0.1, 0.15) is 18.4 Å². The van der Waals surface area contributed by atoms with Crippen molar-refractivity contribution in [2.24, 2.45) is 0 Å². The highest BCUT2D eigenvalue weighted by Crippen LogP contribution is 2.25. The molecular formula is C24H26NO. The van der Waals surface area contributed by atoms with Gasteiger partial charge in [0.2, 0.25) is 0 Å². The van der Waals surface area contributed by atoms with Gasteiger partial charge >= 0.3 is 0 Å². The van der Waals surface area contributed by atoms with Gasteiger partial charge in [-0.2, -0.15) is 0 Å². The summed E-state index contributed by atoms with van der Waals surface area (Å²) in [7, 11) is 0. The van der Waals surface area contributed by atoms with Gasteiger partial charge in [0.15, 0.2) is 0 Å². The zero-order chi connectivity index (χ0) is 17.6. The molecule has 1 aliphatic heterocycles. The summed E-state index contributed by atoms with van der Waals surface area (Å²) in [6.07, 6.45) is 21.0. The smallest absolute Gasteiger partial charge is 0.119 e. The molecule has 0 spiro atoms. The van der Waals surface area contributed by atoms with Crippen LogP contribution in [-0.2, 0) is 6.42 Å². The van der Waals surface area contributed by atoms with Crippen LogP contribution in [0.3, 0.4) is 0 Å². The van der Waals surface area contributed by atoms with E-state index in [4.69, 9.17) is 4.74 Å². The number of hydrogen-bond donors (Lipinski definition) is 0. The molecule has 0 unspecified atom stereocenters. The van der Waals surface area contributed by atoms with E-state index < -0.39 is 0 Å². The average molecular weight is 344 g/mol. The van der Waals surface area contributed by atoms with Crippen molar-refractivity contribution < 1.29 is 4.74 Å². The molecule has 3 aliphatic rings. The lowest BCUT2D eigenvalue weighted by atomic mass is 9.98. The van der Waals surface area contributed by atoms with Crippen molar-refractivity contribution >= 4 is 0 Å². The summed E-state index contributed by atoms with van der Waals surface area (Å²) in [5.74, 6) is 0.970. The Morgan fingerprint density at radius 2 is 1.69 bits per heavy atom. The second-order valence-electron chi connectivity index (χ2n) is 7.09. The third kappa shape index (κ3) is 4.44. The van der Waals surface area contributed by atoms with Crippen LogP contribution in [0.2, 0.25) is 0 Å². The van der Waals surface area contributed by atoms with Crippen LogP contribution < -0.4 is 4.74 Å². The van der Waals surface area contributed by atoms with E-state index in [0.29, 0.717) is 0 Å². The molecule has 4 rings (SSSR count). The van der Waals surface area contributed by atoms with Gasteiger partial charge in [0.1, 0.15) is 12.4 Å². The van der Waals surface area contributed by atoms with Crippen molar-refractivity contribution in [2.45, 2.75) is 19.3 Å². The van der Waals surface area contributed by atoms with Crippen LogP contribution in [0.25, 0.3) is 0 Å². The molecule has 0 aromatic heterocycles. The number of benzene rings is 1. The molecule has 1 saturated heterocycles. The van der Waals surface area contributed by atoms with Gasteiger partial charge in [0, 0.05) is 13.0 Å². The van der Waals surface area contributed by atoms with Gasteiger partial charge in [-0.1, -0.05) is 54.7 Å². The number of allylic oxidation sites excluding steroid dienone is 10. The Bertz CT molecular complexity index is 771. The Labute approximate surface area is 156 Å².